The number of halogens is 2. The summed E-state index contributed by atoms with van der Waals surface area (Å²) in [6.45, 7) is 0.452. The molecule has 0 spiro atoms. The van der Waals surface area contributed by atoms with Gasteiger partial charge in [0.15, 0.2) is 4.32 Å². The highest BCUT2D eigenvalue weighted by Gasteiger charge is 2.52. The highest BCUT2D eigenvalue weighted by molar-refractivity contribution is 9.10. The van der Waals surface area contributed by atoms with E-state index in [0.717, 1.165) is 0 Å². The third kappa shape index (κ3) is 1.59. The summed E-state index contributed by atoms with van der Waals surface area (Å²) in [5, 5.41) is 0. The molecule has 0 saturated carbocycles. The standard InChI is InChI=1S/C9H10BrClO3/c10-9-2-1-6(14-8(9)12)5-7(9)13-4-3-11/h1-2,6-7H,3-5H2/t6-,7+,9-/m1/s1. The molecule has 3 aliphatic rings. The van der Waals surface area contributed by atoms with E-state index in [2.05, 4.69) is 15.9 Å². The van der Waals surface area contributed by atoms with Gasteiger partial charge in [-0.1, -0.05) is 22.0 Å². The van der Waals surface area contributed by atoms with Crippen molar-refractivity contribution in [1.82, 2.24) is 0 Å². The van der Waals surface area contributed by atoms with E-state index in [9.17, 15) is 4.79 Å². The Kier molecular flexibility index (Phi) is 2.86. The summed E-state index contributed by atoms with van der Waals surface area (Å²) in [4.78, 5) is 11.5. The van der Waals surface area contributed by atoms with Crippen LogP contribution in [-0.2, 0) is 14.3 Å². The molecule has 3 atom stereocenters. The predicted octanol–water partition coefficient (Wildman–Crippen LogP) is 1.63. The van der Waals surface area contributed by atoms with Gasteiger partial charge in [0, 0.05) is 12.3 Å². The summed E-state index contributed by atoms with van der Waals surface area (Å²) in [6.07, 6.45) is 4.09. The molecule has 0 radical (unpaired) electrons. The highest BCUT2D eigenvalue weighted by atomic mass is 79.9. The number of rotatable bonds is 3. The molecular weight excluding hydrogens is 271 g/mol. The van der Waals surface area contributed by atoms with Gasteiger partial charge in [-0.15, -0.1) is 11.6 Å². The first-order valence-corrected chi connectivity index (χ1v) is 5.76. The van der Waals surface area contributed by atoms with E-state index in [1.54, 1.807) is 0 Å². The van der Waals surface area contributed by atoms with Crippen molar-refractivity contribution in [3.8, 4) is 0 Å². The van der Waals surface area contributed by atoms with Crippen LogP contribution in [0, 0.1) is 0 Å². The van der Waals surface area contributed by atoms with E-state index in [1.165, 1.54) is 0 Å². The SMILES string of the molecule is O=C1O[C@@H]2C=C[C@@]1(Br)[C@@H](OCCCl)C2. The lowest BCUT2D eigenvalue weighted by Crippen LogP contribution is -2.55. The van der Waals surface area contributed by atoms with Crippen LogP contribution in [0.5, 0.6) is 0 Å². The van der Waals surface area contributed by atoms with Crippen molar-refractivity contribution in [3.05, 3.63) is 12.2 Å². The van der Waals surface area contributed by atoms with Crippen LogP contribution in [-0.4, -0.2) is 35.0 Å². The zero-order chi connectivity index (χ0) is 10.2. The molecule has 1 saturated heterocycles. The van der Waals surface area contributed by atoms with Crippen LogP contribution in [0.15, 0.2) is 12.2 Å². The molecule has 2 bridgehead atoms. The summed E-state index contributed by atoms with van der Waals surface area (Å²) in [7, 11) is 0. The van der Waals surface area contributed by atoms with E-state index in [4.69, 9.17) is 21.1 Å². The Bertz CT molecular complexity index is 281. The van der Waals surface area contributed by atoms with Gasteiger partial charge in [-0.2, -0.15) is 0 Å². The Labute approximate surface area is 95.5 Å². The first-order valence-electron chi connectivity index (χ1n) is 4.44. The molecule has 1 aliphatic carbocycles. The lowest BCUT2D eigenvalue weighted by Gasteiger charge is -2.42. The Morgan fingerprint density at radius 2 is 2.57 bits per heavy atom. The summed E-state index contributed by atoms with van der Waals surface area (Å²) >= 11 is 8.90. The van der Waals surface area contributed by atoms with Crippen LogP contribution >= 0.6 is 27.5 Å². The Morgan fingerprint density at radius 3 is 3.21 bits per heavy atom. The molecule has 0 unspecified atom stereocenters. The van der Waals surface area contributed by atoms with Crippen LogP contribution < -0.4 is 0 Å². The average molecular weight is 282 g/mol. The van der Waals surface area contributed by atoms with Gasteiger partial charge in [-0.3, -0.25) is 4.79 Å². The molecule has 3 nitrogen and oxygen atoms in total. The van der Waals surface area contributed by atoms with Crippen LogP contribution in [0.2, 0.25) is 0 Å². The lowest BCUT2D eigenvalue weighted by atomic mass is 9.87. The zero-order valence-corrected chi connectivity index (χ0v) is 9.75. The van der Waals surface area contributed by atoms with Gasteiger partial charge in [0.2, 0.25) is 0 Å². The number of hydrogen-bond acceptors (Lipinski definition) is 3. The summed E-state index contributed by atoms with van der Waals surface area (Å²) in [6, 6.07) is 0. The third-order valence-corrected chi connectivity index (χ3v) is 3.69. The average Bonchev–Trinajstić information content (AvgIpc) is 2.17. The molecule has 0 aromatic rings. The van der Waals surface area contributed by atoms with Gasteiger partial charge in [0.05, 0.1) is 12.7 Å². The topological polar surface area (TPSA) is 35.5 Å². The van der Waals surface area contributed by atoms with Crippen LogP contribution in [0.4, 0.5) is 0 Å². The molecule has 5 heteroatoms. The molecule has 1 fully saturated rings. The third-order valence-electron chi connectivity index (χ3n) is 2.44. The molecule has 3 rings (SSSR count). The fraction of sp³-hybridized carbons (Fsp3) is 0.667. The molecule has 0 N–H and O–H groups in total. The first-order chi connectivity index (χ1) is 6.66. The van der Waals surface area contributed by atoms with Crippen molar-refractivity contribution >= 4 is 33.5 Å². The molecule has 0 aromatic heterocycles. The largest absolute Gasteiger partial charge is 0.457 e. The van der Waals surface area contributed by atoms with Crippen molar-refractivity contribution in [2.24, 2.45) is 0 Å². The number of carbonyl (C=O) groups is 1. The fourth-order valence-corrected chi connectivity index (χ4v) is 2.36. The Balaban J connectivity index is 2.13. The van der Waals surface area contributed by atoms with E-state index in [-0.39, 0.29) is 18.2 Å². The van der Waals surface area contributed by atoms with E-state index in [1.807, 2.05) is 12.2 Å². The van der Waals surface area contributed by atoms with Crippen LogP contribution in [0.3, 0.4) is 0 Å². The molecule has 14 heavy (non-hydrogen) atoms. The number of hydrogen-bond donors (Lipinski definition) is 0. The zero-order valence-electron chi connectivity index (χ0n) is 7.41. The van der Waals surface area contributed by atoms with Crippen molar-refractivity contribution in [1.29, 1.82) is 0 Å². The number of esters is 1. The highest BCUT2D eigenvalue weighted by Crippen LogP contribution is 2.40. The van der Waals surface area contributed by atoms with Crippen LogP contribution in [0.25, 0.3) is 0 Å². The van der Waals surface area contributed by atoms with E-state index < -0.39 is 4.32 Å². The van der Waals surface area contributed by atoms with Crippen molar-refractivity contribution < 1.29 is 14.3 Å². The Morgan fingerprint density at radius 1 is 1.79 bits per heavy atom. The fourth-order valence-electron chi connectivity index (χ4n) is 1.71. The molecule has 2 aliphatic heterocycles. The normalized spacial score (nSPS) is 40.0. The minimum Gasteiger partial charge on any atom is -0.457 e. The van der Waals surface area contributed by atoms with Gasteiger partial charge in [0.1, 0.15) is 6.10 Å². The second-order valence-electron chi connectivity index (χ2n) is 3.36. The van der Waals surface area contributed by atoms with Gasteiger partial charge in [0.25, 0.3) is 0 Å². The van der Waals surface area contributed by atoms with Crippen LogP contribution in [0.1, 0.15) is 6.42 Å². The maximum Gasteiger partial charge on any atom is 0.330 e. The Hall–Kier alpha value is -0.0600. The molecule has 2 heterocycles. The molecule has 78 valence electrons. The van der Waals surface area contributed by atoms with Gasteiger partial charge < -0.3 is 9.47 Å². The second kappa shape index (κ2) is 3.83. The minimum atomic E-state index is -0.798. The minimum absolute atomic E-state index is 0.137. The van der Waals surface area contributed by atoms with Crippen molar-refractivity contribution in [2.45, 2.75) is 23.0 Å². The molecule has 0 aromatic carbocycles. The van der Waals surface area contributed by atoms with Gasteiger partial charge in [-0.25, -0.2) is 0 Å². The molecular formula is C9H10BrClO3. The number of ether oxygens (including phenoxy) is 2. The quantitative estimate of drug-likeness (QED) is 0.448. The number of carbonyl (C=O) groups excluding carboxylic acids is 1. The summed E-state index contributed by atoms with van der Waals surface area (Å²) in [5.74, 6) is 0.166. The maximum absolute atomic E-state index is 11.5. The predicted molar refractivity (Wildman–Crippen MR) is 55.8 cm³/mol. The molecule has 0 amide bonds. The maximum atomic E-state index is 11.5. The number of alkyl halides is 2. The van der Waals surface area contributed by atoms with Crippen molar-refractivity contribution in [2.75, 3.05) is 12.5 Å². The van der Waals surface area contributed by atoms with E-state index >= 15 is 0 Å². The smallest absolute Gasteiger partial charge is 0.330 e. The summed E-state index contributed by atoms with van der Waals surface area (Å²) < 4.78 is 9.82. The second-order valence-corrected chi connectivity index (χ2v) is 5.05. The van der Waals surface area contributed by atoms with Crippen molar-refractivity contribution in [3.63, 3.8) is 0 Å². The van der Waals surface area contributed by atoms with Gasteiger partial charge >= 0.3 is 5.97 Å². The first kappa shape index (κ1) is 10.5. The van der Waals surface area contributed by atoms with Gasteiger partial charge in [-0.05, 0) is 6.08 Å². The monoisotopic (exact) mass is 280 g/mol. The lowest BCUT2D eigenvalue weighted by molar-refractivity contribution is -0.164. The van der Waals surface area contributed by atoms with E-state index in [0.29, 0.717) is 18.9 Å². The number of fused-ring (bicyclic) bond motifs is 2. The summed E-state index contributed by atoms with van der Waals surface area (Å²) in [5.41, 5.74) is 0.